The van der Waals surface area contributed by atoms with E-state index in [1.165, 1.54) is 18.3 Å². The van der Waals surface area contributed by atoms with Gasteiger partial charge in [0.05, 0.1) is 4.90 Å². The summed E-state index contributed by atoms with van der Waals surface area (Å²) in [5.41, 5.74) is 4.97. The molecule has 0 aliphatic rings. The molecule has 1 heterocycles. The molecule has 6 nitrogen and oxygen atoms in total. The van der Waals surface area contributed by atoms with Crippen molar-refractivity contribution in [1.29, 1.82) is 0 Å². The Hall–Kier alpha value is -1.18. The number of aromatic nitrogens is 1. The molecule has 8 heteroatoms. The molecule has 1 unspecified atom stereocenters. The zero-order valence-electron chi connectivity index (χ0n) is 9.05. The van der Waals surface area contributed by atoms with E-state index in [2.05, 4.69) is 9.71 Å². The van der Waals surface area contributed by atoms with E-state index in [1.54, 1.807) is 6.92 Å². The Balaban J connectivity index is 2.86. The zero-order chi connectivity index (χ0) is 13.1. The van der Waals surface area contributed by atoms with Crippen LogP contribution in [0, 0.1) is 0 Å². The van der Waals surface area contributed by atoms with Gasteiger partial charge >= 0.3 is 0 Å². The van der Waals surface area contributed by atoms with Crippen LogP contribution >= 0.6 is 11.6 Å². The second-order valence-electron chi connectivity index (χ2n) is 3.51. The summed E-state index contributed by atoms with van der Waals surface area (Å²) in [6, 6.07) is 1.95. The molecule has 3 N–H and O–H groups in total. The third-order valence-corrected chi connectivity index (χ3v) is 3.67. The monoisotopic (exact) mass is 277 g/mol. The van der Waals surface area contributed by atoms with Crippen LogP contribution < -0.4 is 10.5 Å². The third-order valence-electron chi connectivity index (χ3n) is 1.87. The van der Waals surface area contributed by atoms with Crippen LogP contribution in [0.3, 0.4) is 0 Å². The molecule has 0 spiro atoms. The molecule has 1 aromatic heterocycles. The van der Waals surface area contributed by atoms with E-state index < -0.39 is 22.0 Å². The first-order valence-corrected chi connectivity index (χ1v) is 6.59. The molecule has 1 atom stereocenters. The predicted molar refractivity (Wildman–Crippen MR) is 62.8 cm³/mol. The minimum absolute atomic E-state index is 0.00572. The molecule has 0 aliphatic carbocycles. The van der Waals surface area contributed by atoms with Crippen molar-refractivity contribution in [2.75, 3.05) is 0 Å². The second-order valence-corrected chi connectivity index (χ2v) is 5.61. The summed E-state index contributed by atoms with van der Waals surface area (Å²) in [6.07, 6.45) is 1.22. The van der Waals surface area contributed by atoms with Crippen molar-refractivity contribution in [3.63, 3.8) is 0 Å². The summed E-state index contributed by atoms with van der Waals surface area (Å²) in [5, 5.41) is 0.0791. The van der Waals surface area contributed by atoms with Crippen LogP contribution in [0.25, 0.3) is 0 Å². The number of rotatable bonds is 5. The lowest BCUT2D eigenvalue weighted by Crippen LogP contribution is -2.35. The molecule has 0 aliphatic heterocycles. The van der Waals surface area contributed by atoms with Crippen LogP contribution in [-0.4, -0.2) is 25.4 Å². The van der Waals surface area contributed by atoms with E-state index in [9.17, 15) is 13.2 Å². The lowest BCUT2D eigenvalue weighted by molar-refractivity contribution is -0.118. The average Bonchev–Trinajstić information content (AvgIpc) is 2.15. The van der Waals surface area contributed by atoms with E-state index in [0.717, 1.165) is 0 Å². The summed E-state index contributed by atoms with van der Waals surface area (Å²) < 4.78 is 26.0. The number of pyridine rings is 1. The van der Waals surface area contributed by atoms with Gasteiger partial charge in [-0.3, -0.25) is 4.79 Å². The highest BCUT2D eigenvalue weighted by atomic mass is 35.5. The molecule has 94 valence electrons. The van der Waals surface area contributed by atoms with Crippen LogP contribution in [0.15, 0.2) is 23.2 Å². The lowest BCUT2D eigenvalue weighted by Gasteiger charge is -2.12. The number of primary amides is 1. The minimum atomic E-state index is -3.71. The van der Waals surface area contributed by atoms with Gasteiger partial charge in [-0.25, -0.2) is 18.1 Å². The number of carbonyl (C=O) groups excluding carboxylic acids is 1. The van der Waals surface area contributed by atoms with Crippen LogP contribution in [0.1, 0.15) is 13.3 Å². The molecule has 0 fully saturated rings. The number of nitrogens with two attached hydrogens (primary N) is 1. The number of sulfonamides is 1. The Morgan fingerprint density at radius 2 is 2.29 bits per heavy atom. The standard InChI is InChI=1S/C9H12ClN3O3S/c1-6(4-9(11)14)13-17(15,16)7-2-3-12-8(10)5-7/h2-3,5-6,13H,4H2,1H3,(H2,11,14). The van der Waals surface area contributed by atoms with Crippen molar-refractivity contribution in [2.24, 2.45) is 5.73 Å². The highest BCUT2D eigenvalue weighted by Gasteiger charge is 2.18. The quantitative estimate of drug-likeness (QED) is 0.755. The number of carbonyl (C=O) groups is 1. The summed E-state index contributed by atoms with van der Waals surface area (Å²) in [7, 11) is -3.71. The SMILES string of the molecule is CC(CC(N)=O)NS(=O)(=O)c1ccnc(Cl)c1. The Morgan fingerprint density at radius 3 is 2.82 bits per heavy atom. The molecular formula is C9H12ClN3O3S. The normalized spacial score (nSPS) is 13.3. The van der Waals surface area contributed by atoms with Crippen molar-refractivity contribution in [3.05, 3.63) is 23.5 Å². The van der Waals surface area contributed by atoms with Gasteiger partial charge in [0.25, 0.3) is 0 Å². The minimum Gasteiger partial charge on any atom is -0.370 e. The van der Waals surface area contributed by atoms with Gasteiger partial charge in [0.15, 0.2) is 0 Å². The van der Waals surface area contributed by atoms with Crippen LogP contribution in [0.5, 0.6) is 0 Å². The number of hydrogen-bond acceptors (Lipinski definition) is 4. The predicted octanol–water partition coefficient (Wildman–Crippen LogP) is 0.277. The number of nitrogens with one attached hydrogen (secondary N) is 1. The summed E-state index contributed by atoms with van der Waals surface area (Å²) in [5.74, 6) is -0.576. The van der Waals surface area contributed by atoms with Gasteiger partial charge in [-0.15, -0.1) is 0 Å². The maximum atomic E-state index is 11.8. The molecule has 0 saturated carbocycles. The fourth-order valence-corrected chi connectivity index (χ4v) is 2.72. The highest BCUT2D eigenvalue weighted by molar-refractivity contribution is 7.89. The van der Waals surface area contributed by atoms with E-state index in [1.807, 2.05) is 0 Å². The fourth-order valence-electron chi connectivity index (χ4n) is 1.23. The van der Waals surface area contributed by atoms with E-state index >= 15 is 0 Å². The second kappa shape index (κ2) is 5.44. The molecule has 1 aromatic rings. The van der Waals surface area contributed by atoms with Gasteiger partial charge in [0.1, 0.15) is 5.15 Å². The zero-order valence-corrected chi connectivity index (χ0v) is 10.6. The van der Waals surface area contributed by atoms with Crippen LogP contribution in [0.4, 0.5) is 0 Å². The van der Waals surface area contributed by atoms with Gasteiger partial charge in [-0.05, 0) is 19.1 Å². The number of hydrogen-bond donors (Lipinski definition) is 2. The first kappa shape index (κ1) is 13.9. The highest BCUT2D eigenvalue weighted by Crippen LogP contribution is 2.13. The van der Waals surface area contributed by atoms with Gasteiger partial charge in [0, 0.05) is 18.7 Å². The Bertz CT molecular complexity index is 518. The van der Waals surface area contributed by atoms with Crippen molar-refractivity contribution in [3.8, 4) is 0 Å². The van der Waals surface area contributed by atoms with E-state index in [4.69, 9.17) is 17.3 Å². The largest absolute Gasteiger partial charge is 0.370 e. The maximum Gasteiger partial charge on any atom is 0.240 e. The lowest BCUT2D eigenvalue weighted by atomic mass is 10.2. The first-order chi connectivity index (χ1) is 7.81. The molecule has 0 radical (unpaired) electrons. The molecule has 17 heavy (non-hydrogen) atoms. The van der Waals surface area contributed by atoms with Crippen molar-refractivity contribution in [2.45, 2.75) is 24.3 Å². The fraction of sp³-hybridized carbons (Fsp3) is 0.333. The van der Waals surface area contributed by atoms with Crippen molar-refractivity contribution < 1.29 is 13.2 Å². The van der Waals surface area contributed by atoms with Crippen molar-refractivity contribution in [1.82, 2.24) is 9.71 Å². The van der Waals surface area contributed by atoms with E-state index in [-0.39, 0.29) is 16.5 Å². The number of halogens is 1. The molecule has 0 saturated heterocycles. The van der Waals surface area contributed by atoms with Gasteiger partial charge < -0.3 is 5.73 Å². The summed E-state index contributed by atoms with van der Waals surface area (Å²) in [4.78, 5) is 14.3. The smallest absolute Gasteiger partial charge is 0.240 e. The number of nitrogens with zero attached hydrogens (tertiary/aromatic N) is 1. The van der Waals surface area contributed by atoms with Gasteiger partial charge in [0.2, 0.25) is 15.9 Å². The third kappa shape index (κ3) is 4.29. The molecule has 0 aromatic carbocycles. The first-order valence-electron chi connectivity index (χ1n) is 4.73. The van der Waals surface area contributed by atoms with Crippen LogP contribution in [-0.2, 0) is 14.8 Å². The van der Waals surface area contributed by atoms with E-state index in [0.29, 0.717) is 0 Å². The number of amides is 1. The Morgan fingerprint density at radius 1 is 1.65 bits per heavy atom. The molecule has 0 bridgehead atoms. The maximum absolute atomic E-state index is 11.8. The topological polar surface area (TPSA) is 102 Å². The molecule has 1 rings (SSSR count). The molecule has 1 amide bonds. The van der Waals surface area contributed by atoms with Crippen LogP contribution in [0.2, 0.25) is 5.15 Å². The van der Waals surface area contributed by atoms with Gasteiger partial charge in [-0.2, -0.15) is 0 Å². The molecular weight excluding hydrogens is 266 g/mol. The van der Waals surface area contributed by atoms with Crippen molar-refractivity contribution >= 4 is 27.5 Å². The Kier molecular flexibility index (Phi) is 4.44. The van der Waals surface area contributed by atoms with Gasteiger partial charge in [-0.1, -0.05) is 11.6 Å². The Labute approximate surface area is 104 Å². The summed E-state index contributed by atoms with van der Waals surface area (Å²) >= 11 is 5.59. The summed E-state index contributed by atoms with van der Waals surface area (Å²) in [6.45, 7) is 1.55. The average molecular weight is 278 g/mol.